The zero-order chi connectivity index (χ0) is 14.9. The van der Waals surface area contributed by atoms with Crippen LogP contribution in [0.1, 0.15) is 32.1 Å². The lowest BCUT2D eigenvalue weighted by atomic mass is 9.89. The lowest BCUT2D eigenvalue weighted by molar-refractivity contribution is -0.120. The summed E-state index contributed by atoms with van der Waals surface area (Å²) in [6.45, 7) is 0. The number of amides is 1. The summed E-state index contributed by atoms with van der Waals surface area (Å²) in [4.78, 5) is 17.0. The number of carbonyl (C=O) groups excluding carboxylic acids is 1. The largest absolute Gasteiger partial charge is 0.302 e. The van der Waals surface area contributed by atoms with Crippen LogP contribution in [0.3, 0.4) is 0 Å². The Hall–Kier alpha value is -1.94. The molecule has 0 bridgehead atoms. The van der Waals surface area contributed by atoms with E-state index in [0.717, 1.165) is 33.6 Å². The molecule has 3 nitrogen and oxygen atoms in total. The molecule has 4 heteroatoms. The van der Waals surface area contributed by atoms with Gasteiger partial charge in [-0.2, -0.15) is 0 Å². The number of rotatable bonds is 2. The highest BCUT2D eigenvalue weighted by atomic mass is 32.1. The molecule has 0 unspecified atom stereocenters. The van der Waals surface area contributed by atoms with Crippen LogP contribution in [0.15, 0.2) is 36.4 Å². The molecule has 22 heavy (non-hydrogen) atoms. The Morgan fingerprint density at radius 3 is 2.77 bits per heavy atom. The molecule has 1 aliphatic carbocycles. The van der Waals surface area contributed by atoms with Crippen LogP contribution in [0.4, 0.5) is 5.13 Å². The molecule has 1 saturated carbocycles. The average molecular weight is 310 g/mol. The van der Waals surface area contributed by atoms with Gasteiger partial charge in [0.2, 0.25) is 5.91 Å². The summed E-state index contributed by atoms with van der Waals surface area (Å²) in [6.07, 6.45) is 5.63. The molecule has 0 saturated heterocycles. The first kappa shape index (κ1) is 13.7. The van der Waals surface area contributed by atoms with Crippen molar-refractivity contribution in [2.45, 2.75) is 32.1 Å². The van der Waals surface area contributed by atoms with Crippen LogP contribution in [0.2, 0.25) is 0 Å². The molecular formula is C18H18N2OS. The average Bonchev–Trinajstić information content (AvgIpc) is 2.98. The van der Waals surface area contributed by atoms with Gasteiger partial charge in [0.05, 0.1) is 10.2 Å². The van der Waals surface area contributed by atoms with Gasteiger partial charge in [-0.3, -0.25) is 4.79 Å². The molecule has 1 heterocycles. The monoisotopic (exact) mass is 310 g/mol. The second-order valence-electron chi connectivity index (χ2n) is 5.98. The fourth-order valence-electron chi connectivity index (χ4n) is 3.29. The number of nitrogens with one attached hydrogen (secondary N) is 1. The topological polar surface area (TPSA) is 42.0 Å². The van der Waals surface area contributed by atoms with Gasteiger partial charge < -0.3 is 5.32 Å². The normalized spacial score (nSPS) is 16.2. The molecule has 1 fully saturated rings. The third-order valence-corrected chi connectivity index (χ3v) is 5.43. The molecule has 1 aliphatic rings. The van der Waals surface area contributed by atoms with Crippen molar-refractivity contribution in [1.29, 1.82) is 0 Å². The van der Waals surface area contributed by atoms with Gasteiger partial charge in [0.25, 0.3) is 0 Å². The van der Waals surface area contributed by atoms with E-state index in [-0.39, 0.29) is 11.8 Å². The van der Waals surface area contributed by atoms with E-state index in [0.29, 0.717) is 0 Å². The smallest absolute Gasteiger partial charge is 0.229 e. The Balaban J connectivity index is 1.65. The van der Waals surface area contributed by atoms with E-state index >= 15 is 0 Å². The summed E-state index contributed by atoms with van der Waals surface area (Å²) >= 11 is 1.56. The molecule has 1 N–H and O–H groups in total. The zero-order valence-electron chi connectivity index (χ0n) is 12.3. The van der Waals surface area contributed by atoms with Gasteiger partial charge in [-0.15, -0.1) is 0 Å². The van der Waals surface area contributed by atoms with Gasteiger partial charge in [0, 0.05) is 11.3 Å². The third kappa shape index (κ3) is 2.48. The van der Waals surface area contributed by atoms with E-state index in [1.807, 2.05) is 12.1 Å². The van der Waals surface area contributed by atoms with Crippen LogP contribution in [0.25, 0.3) is 21.0 Å². The van der Waals surface area contributed by atoms with Crippen molar-refractivity contribution in [1.82, 2.24) is 4.98 Å². The highest BCUT2D eigenvalue weighted by Crippen LogP contribution is 2.32. The molecule has 1 aromatic heterocycles. The highest BCUT2D eigenvalue weighted by Gasteiger charge is 2.22. The minimum Gasteiger partial charge on any atom is -0.302 e. The van der Waals surface area contributed by atoms with Gasteiger partial charge in [-0.25, -0.2) is 4.98 Å². The molecule has 0 radical (unpaired) electrons. The molecular weight excluding hydrogens is 292 g/mol. The SMILES string of the molecule is O=C(Nc1nc2c(ccc3ccccc32)s1)C1CCCCC1. The van der Waals surface area contributed by atoms with Crippen molar-refractivity contribution in [3.05, 3.63) is 36.4 Å². The minimum absolute atomic E-state index is 0.142. The van der Waals surface area contributed by atoms with E-state index in [2.05, 4.69) is 34.6 Å². The Labute approximate surface area is 133 Å². The number of fused-ring (bicyclic) bond motifs is 3. The fraction of sp³-hybridized carbons (Fsp3) is 0.333. The number of benzene rings is 2. The predicted octanol–water partition coefficient (Wildman–Crippen LogP) is 4.97. The second kappa shape index (κ2) is 5.69. The highest BCUT2D eigenvalue weighted by molar-refractivity contribution is 7.22. The van der Waals surface area contributed by atoms with Crippen molar-refractivity contribution in [2.24, 2.45) is 5.92 Å². The molecule has 2 aromatic carbocycles. The van der Waals surface area contributed by atoms with Gasteiger partial charge >= 0.3 is 0 Å². The van der Waals surface area contributed by atoms with Gasteiger partial charge in [0.1, 0.15) is 0 Å². The van der Waals surface area contributed by atoms with Crippen LogP contribution >= 0.6 is 11.3 Å². The van der Waals surface area contributed by atoms with Crippen molar-refractivity contribution in [2.75, 3.05) is 5.32 Å². The molecule has 0 spiro atoms. The summed E-state index contributed by atoms with van der Waals surface area (Å²) in [5.74, 6) is 0.306. The van der Waals surface area contributed by atoms with Crippen LogP contribution in [0.5, 0.6) is 0 Å². The minimum atomic E-state index is 0.142. The number of aromatic nitrogens is 1. The number of hydrogen-bond donors (Lipinski definition) is 1. The first-order valence-electron chi connectivity index (χ1n) is 7.90. The lowest BCUT2D eigenvalue weighted by Gasteiger charge is -2.19. The Bertz CT molecular complexity index is 833. The molecule has 4 rings (SSSR count). The van der Waals surface area contributed by atoms with Crippen LogP contribution in [-0.4, -0.2) is 10.9 Å². The number of nitrogens with zero attached hydrogens (tertiary/aromatic N) is 1. The second-order valence-corrected chi connectivity index (χ2v) is 7.01. The summed E-state index contributed by atoms with van der Waals surface area (Å²) in [5.41, 5.74) is 0.988. The summed E-state index contributed by atoms with van der Waals surface area (Å²) in [6, 6.07) is 12.4. The summed E-state index contributed by atoms with van der Waals surface area (Å²) in [5, 5.41) is 6.09. The number of carbonyl (C=O) groups is 1. The Morgan fingerprint density at radius 2 is 1.91 bits per heavy atom. The maximum absolute atomic E-state index is 12.4. The fourth-order valence-corrected chi connectivity index (χ4v) is 4.17. The van der Waals surface area contributed by atoms with E-state index < -0.39 is 0 Å². The van der Waals surface area contributed by atoms with Crippen molar-refractivity contribution < 1.29 is 4.79 Å². The van der Waals surface area contributed by atoms with Crippen LogP contribution in [-0.2, 0) is 4.79 Å². The predicted molar refractivity (Wildman–Crippen MR) is 92.3 cm³/mol. The summed E-state index contributed by atoms with van der Waals surface area (Å²) < 4.78 is 1.12. The van der Waals surface area contributed by atoms with E-state index in [9.17, 15) is 4.79 Å². The molecule has 1 amide bonds. The Morgan fingerprint density at radius 1 is 1.09 bits per heavy atom. The maximum atomic E-state index is 12.4. The van der Waals surface area contributed by atoms with Gasteiger partial charge in [-0.1, -0.05) is 60.9 Å². The van der Waals surface area contributed by atoms with E-state index in [4.69, 9.17) is 0 Å². The Kier molecular flexibility index (Phi) is 3.54. The van der Waals surface area contributed by atoms with E-state index in [1.165, 1.54) is 24.6 Å². The number of thiazole rings is 1. The van der Waals surface area contributed by atoms with Gasteiger partial charge in [0.15, 0.2) is 5.13 Å². The first-order chi connectivity index (χ1) is 10.8. The third-order valence-electron chi connectivity index (χ3n) is 4.49. The molecule has 3 aromatic rings. The molecule has 0 aliphatic heterocycles. The standard InChI is InChI=1S/C18H18N2OS/c21-17(13-7-2-1-3-8-13)20-18-19-16-14-9-5-4-6-12(14)10-11-15(16)22-18/h4-6,9-11,13H,1-3,7-8H2,(H,19,20,21). The van der Waals surface area contributed by atoms with Crippen LogP contribution in [0, 0.1) is 5.92 Å². The van der Waals surface area contributed by atoms with Gasteiger partial charge in [-0.05, 0) is 24.3 Å². The summed E-state index contributed by atoms with van der Waals surface area (Å²) in [7, 11) is 0. The maximum Gasteiger partial charge on any atom is 0.229 e. The van der Waals surface area contributed by atoms with Crippen LogP contribution < -0.4 is 5.32 Å². The molecule has 0 atom stereocenters. The number of hydrogen-bond acceptors (Lipinski definition) is 3. The first-order valence-corrected chi connectivity index (χ1v) is 8.72. The van der Waals surface area contributed by atoms with Crippen molar-refractivity contribution >= 4 is 43.4 Å². The molecule has 112 valence electrons. The zero-order valence-corrected chi connectivity index (χ0v) is 13.2. The quantitative estimate of drug-likeness (QED) is 0.726. The van der Waals surface area contributed by atoms with Crippen molar-refractivity contribution in [3.8, 4) is 0 Å². The van der Waals surface area contributed by atoms with E-state index in [1.54, 1.807) is 11.3 Å². The van der Waals surface area contributed by atoms with Crippen molar-refractivity contribution in [3.63, 3.8) is 0 Å². The number of anilines is 1. The lowest BCUT2D eigenvalue weighted by Crippen LogP contribution is -2.24.